The predicted octanol–water partition coefficient (Wildman–Crippen LogP) is 1.74. The van der Waals surface area contributed by atoms with Crippen molar-refractivity contribution in [2.45, 2.75) is 19.3 Å². The molecule has 0 aliphatic carbocycles. The lowest BCUT2D eigenvalue weighted by molar-refractivity contribution is -0.137. The quantitative estimate of drug-likeness (QED) is 0.876. The molecule has 0 saturated carbocycles. The van der Waals surface area contributed by atoms with E-state index < -0.39 is 5.97 Å². The van der Waals surface area contributed by atoms with Crippen molar-refractivity contribution < 1.29 is 19.4 Å². The number of hydrogen-bond acceptors (Lipinski definition) is 4. The lowest BCUT2D eigenvalue weighted by atomic mass is 10.2. The Hall–Kier alpha value is -2.24. The standard InChI is InChI=1S/C13H14N2O4/c16-13(17)3-1-2-12-14-8-6-10-11(7-9(8)15-12)19-5-4-18-10/h6-7H,1-5H2,(H,14,15)(H,16,17). The molecule has 6 nitrogen and oxygen atoms in total. The van der Waals surface area contributed by atoms with E-state index in [0.29, 0.717) is 31.8 Å². The van der Waals surface area contributed by atoms with E-state index in [1.54, 1.807) is 0 Å². The van der Waals surface area contributed by atoms with Gasteiger partial charge in [0, 0.05) is 25.0 Å². The number of carboxylic acid groups (broad SMARTS) is 1. The zero-order valence-corrected chi connectivity index (χ0v) is 10.3. The highest BCUT2D eigenvalue weighted by Gasteiger charge is 2.14. The molecule has 6 heteroatoms. The molecule has 1 aliphatic rings. The fraction of sp³-hybridized carbons (Fsp3) is 0.385. The Morgan fingerprint density at radius 2 is 2.05 bits per heavy atom. The molecular weight excluding hydrogens is 248 g/mol. The van der Waals surface area contributed by atoms with E-state index in [-0.39, 0.29) is 6.42 Å². The first kappa shape index (κ1) is 11.8. The fourth-order valence-electron chi connectivity index (χ4n) is 2.12. The van der Waals surface area contributed by atoms with Gasteiger partial charge in [0.2, 0.25) is 0 Å². The van der Waals surface area contributed by atoms with E-state index in [9.17, 15) is 4.79 Å². The second-order valence-electron chi connectivity index (χ2n) is 4.44. The molecule has 2 heterocycles. The lowest BCUT2D eigenvalue weighted by Crippen LogP contribution is -2.15. The Morgan fingerprint density at radius 3 is 2.79 bits per heavy atom. The third-order valence-corrected chi connectivity index (χ3v) is 3.00. The Kier molecular flexibility index (Phi) is 2.98. The molecule has 1 aliphatic heterocycles. The van der Waals surface area contributed by atoms with Crippen molar-refractivity contribution in [3.63, 3.8) is 0 Å². The molecule has 2 aromatic rings. The molecule has 100 valence electrons. The number of carbonyl (C=O) groups is 1. The average molecular weight is 262 g/mol. The normalized spacial score (nSPS) is 13.7. The van der Waals surface area contributed by atoms with Crippen LogP contribution >= 0.6 is 0 Å². The van der Waals surface area contributed by atoms with Gasteiger partial charge < -0.3 is 19.6 Å². The number of benzene rings is 1. The maximum atomic E-state index is 10.5. The van der Waals surface area contributed by atoms with Crippen LogP contribution in [0.1, 0.15) is 18.7 Å². The third-order valence-electron chi connectivity index (χ3n) is 3.00. The van der Waals surface area contributed by atoms with Gasteiger partial charge in [-0.25, -0.2) is 4.98 Å². The minimum atomic E-state index is -0.784. The molecule has 1 aromatic heterocycles. The Bertz CT molecular complexity index is 577. The first-order valence-electron chi connectivity index (χ1n) is 6.22. The monoisotopic (exact) mass is 262 g/mol. The SMILES string of the molecule is O=C(O)CCCc1nc2cc3c(cc2[nH]1)OCCO3. The van der Waals surface area contributed by atoms with Crippen LogP contribution in [0.25, 0.3) is 11.0 Å². The summed E-state index contributed by atoms with van der Waals surface area (Å²) in [6, 6.07) is 3.72. The summed E-state index contributed by atoms with van der Waals surface area (Å²) in [6.45, 7) is 1.10. The van der Waals surface area contributed by atoms with E-state index in [1.165, 1.54) is 0 Å². The molecular formula is C13H14N2O4. The molecule has 19 heavy (non-hydrogen) atoms. The average Bonchev–Trinajstić information content (AvgIpc) is 2.77. The number of nitrogens with one attached hydrogen (secondary N) is 1. The van der Waals surface area contributed by atoms with Crippen molar-refractivity contribution in [3.8, 4) is 11.5 Å². The third kappa shape index (κ3) is 2.47. The van der Waals surface area contributed by atoms with Crippen LogP contribution in [0.15, 0.2) is 12.1 Å². The van der Waals surface area contributed by atoms with Gasteiger partial charge in [0.15, 0.2) is 11.5 Å². The maximum absolute atomic E-state index is 10.5. The number of aromatic nitrogens is 2. The van der Waals surface area contributed by atoms with Crippen LogP contribution in [0, 0.1) is 0 Å². The molecule has 0 unspecified atom stereocenters. The number of aromatic amines is 1. The highest BCUT2D eigenvalue weighted by molar-refractivity contribution is 5.80. The number of rotatable bonds is 4. The van der Waals surface area contributed by atoms with Gasteiger partial charge in [0.1, 0.15) is 19.0 Å². The summed E-state index contributed by atoms with van der Waals surface area (Å²) in [5, 5.41) is 8.61. The number of hydrogen-bond donors (Lipinski definition) is 2. The number of nitrogens with zero attached hydrogens (tertiary/aromatic N) is 1. The van der Waals surface area contributed by atoms with Gasteiger partial charge in [-0.05, 0) is 6.42 Å². The molecule has 0 fully saturated rings. The van der Waals surface area contributed by atoms with Crippen molar-refractivity contribution in [3.05, 3.63) is 18.0 Å². The van der Waals surface area contributed by atoms with Gasteiger partial charge in [-0.15, -0.1) is 0 Å². The summed E-state index contributed by atoms with van der Waals surface area (Å²) in [6.07, 6.45) is 1.34. The van der Waals surface area contributed by atoms with Crippen LogP contribution in [-0.4, -0.2) is 34.3 Å². The number of ether oxygens (including phenoxy) is 2. The minimum absolute atomic E-state index is 0.153. The van der Waals surface area contributed by atoms with E-state index in [2.05, 4.69) is 9.97 Å². The number of aliphatic carboxylic acids is 1. The Morgan fingerprint density at radius 1 is 1.32 bits per heavy atom. The minimum Gasteiger partial charge on any atom is -0.486 e. The van der Waals surface area contributed by atoms with Crippen LogP contribution in [0.4, 0.5) is 0 Å². The largest absolute Gasteiger partial charge is 0.486 e. The number of H-pyrrole nitrogens is 1. The summed E-state index contributed by atoms with van der Waals surface area (Å²) in [4.78, 5) is 18.1. The number of aryl methyl sites for hydroxylation is 1. The molecule has 0 spiro atoms. The van der Waals surface area contributed by atoms with Gasteiger partial charge in [-0.2, -0.15) is 0 Å². The molecule has 0 atom stereocenters. The van der Waals surface area contributed by atoms with E-state index in [4.69, 9.17) is 14.6 Å². The molecule has 0 radical (unpaired) electrons. The summed E-state index contributed by atoms with van der Waals surface area (Å²) >= 11 is 0. The molecule has 1 aromatic carbocycles. The molecule has 2 N–H and O–H groups in total. The topological polar surface area (TPSA) is 84.4 Å². The van der Waals surface area contributed by atoms with Crippen molar-refractivity contribution in [2.75, 3.05) is 13.2 Å². The molecule has 3 rings (SSSR count). The first-order valence-corrected chi connectivity index (χ1v) is 6.22. The predicted molar refractivity (Wildman–Crippen MR) is 67.7 cm³/mol. The summed E-state index contributed by atoms with van der Waals surface area (Å²) in [5.74, 6) is 1.44. The van der Waals surface area contributed by atoms with Crippen molar-refractivity contribution in [1.82, 2.24) is 9.97 Å². The summed E-state index contributed by atoms with van der Waals surface area (Å²) < 4.78 is 11.0. The van der Waals surface area contributed by atoms with Gasteiger partial charge in [0.05, 0.1) is 11.0 Å². The maximum Gasteiger partial charge on any atom is 0.303 e. The zero-order valence-electron chi connectivity index (χ0n) is 10.3. The first-order chi connectivity index (χ1) is 9.22. The van der Waals surface area contributed by atoms with Gasteiger partial charge >= 0.3 is 5.97 Å². The van der Waals surface area contributed by atoms with Gasteiger partial charge in [0.25, 0.3) is 0 Å². The second kappa shape index (κ2) is 4.79. The van der Waals surface area contributed by atoms with Crippen LogP contribution in [-0.2, 0) is 11.2 Å². The van der Waals surface area contributed by atoms with E-state index in [1.807, 2.05) is 12.1 Å². The van der Waals surface area contributed by atoms with Crippen LogP contribution < -0.4 is 9.47 Å². The molecule has 0 bridgehead atoms. The van der Waals surface area contributed by atoms with Crippen LogP contribution in [0.3, 0.4) is 0 Å². The second-order valence-corrected chi connectivity index (χ2v) is 4.44. The number of carboxylic acids is 1. The number of imidazole rings is 1. The van der Waals surface area contributed by atoms with E-state index in [0.717, 1.165) is 22.6 Å². The Labute approximate surface area is 109 Å². The van der Waals surface area contributed by atoms with Crippen LogP contribution in [0.5, 0.6) is 11.5 Å². The van der Waals surface area contributed by atoms with Gasteiger partial charge in [-0.1, -0.05) is 0 Å². The van der Waals surface area contributed by atoms with Crippen molar-refractivity contribution >= 4 is 17.0 Å². The highest BCUT2D eigenvalue weighted by Crippen LogP contribution is 2.33. The summed E-state index contributed by atoms with van der Waals surface area (Å²) in [5.41, 5.74) is 1.70. The van der Waals surface area contributed by atoms with Gasteiger partial charge in [-0.3, -0.25) is 4.79 Å². The smallest absolute Gasteiger partial charge is 0.303 e. The number of fused-ring (bicyclic) bond motifs is 2. The van der Waals surface area contributed by atoms with E-state index >= 15 is 0 Å². The zero-order chi connectivity index (χ0) is 13.2. The van der Waals surface area contributed by atoms with Crippen LogP contribution in [0.2, 0.25) is 0 Å². The highest BCUT2D eigenvalue weighted by atomic mass is 16.6. The fourth-order valence-corrected chi connectivity index (χ4v) is 2.12. The molecule has 0 saturated heterocycles. The summed E-state index contributed by atoms with van der Waals surface area (Å²) in [7, 11) is 0. The molecule has 0 amide bonds. The Balaban J connectivity index is 1.82. The van der Waals surface area contributed by atoms with Crippen molar-refractivity contribution in [2.24, 2.45) is 0 Å². The van der Waals surface area contributed by atoms with Crippen molar-refractivity contribution in [1.29, 1.82) is 0 Å². The lowest BCUT2D eigenvalue weighted by Gasteiger charge is -2.17.